The number of alkyl halides is 9. The van der Waals surface area contributed by atoms with Gasteiger partial charge in [-0.15, -0.1) is 0 Å². The van der Waals surface area contributed by atoms with Gasteiger partial charge in [-0.05, 0) is 110 Å². The van der Waals surface area contributed by atoms with Crippen molar-refractivity contribution in [3.63, 3.8) is 0 Å². The van der Waals surface area contributed by atoms with Crippen molar-refractivity contribution in [2.75, 3.05) is 0 Å². The summed E-state index contributed by atoms with van der Waals surface area (Å²) in [6.45, 7) is 2.25. The van der Waals surface area contributed by atoms with Gasteiger partial charge in [-0.1, -0.05) is 57.9 Å². The number of hydrogen-bond donors (Lipinski definition) is 3. The lowest BCUT2D eigenvalue weighted by Crippen LogP contribution is -2.60. The molecule has 4 rings (SSSR count). The van der Waals surface area contributed by atoms with Gasteiger partial charge in [-0.3, -0.25) is 4.79 Å². The van der Waals surface area contributed by atoms with Crippen LogP contribution in [-0.2, 0) is 11.2 Å². The van der Waals surface area contributed by atoms with Crippen LogP contribution in [0.5, 0.6) is 5.75 Å². The molecule has 2 saturated carbocycles. The van der Waals surface area contributed by atoms with Gasteiger partial charge in [0.25, 0.3) is 0 Å². The van der Waals surface area contributed by atoms with Gasteiger partial charge >= 0.3 is 29.9 Å². The number of halogens is 9. The maximum atomic E-state index is 13.8. The number of aliphatic hydroxyl groups is 1. The molecule has 1 aromatic rings. The number of carboxylic acids is 1. The molecule has 13 heteroatoms. The van der Waals surface area contributed by atoms with Crippen LogP contribution >= 0.6 is 0 Å². The Morgan fingerprint density at radius 2 is 1.47 bits per heavy atom. The number of aliphatic hydroxyl groups excluding tert-OH is 1. The lowest BCUT2D eigenvalue weighted by molar-refractivity contribution is -0.396. The fourth-order valence-corrected chi connectivity index (χ4v) is 9.24. The Bertz CT molecular complexity index is 1270. The zero-order chi connectivity index (χ0) is 36.4. The number of unbranched alkanes of at least 4 members (excludes halogenated alkanes) is 6. The highest BCUT2D eigenvalue weighted by Gasteiger charge is 2.81. The molecule has 0 aliphatic heterocycles. The zero-order valence-corrected chi connectivity index (χ0v) is 27.9. The Morgan fingerprint density at radius 1 is 0.857 bits per heavy atom. The second kappa shape index (κ2) is 15.2. The van der Waals surface area contributed by atoms with E-state index in [4.69, 9.17) is 0 Å². The summed E-state index contributed by atoms with van der Waals surface area (Å²) in [6.07, 6.45) is 1.04. The molecular weight excluding hydrogens is 667 g/mol. The molecule has 0 bridgehead atoms. The molecule has 0 spiro atoms. The van der Waals surface area contributed by atoms with Crippen LogP contribution in [0.1, 0.15) is 127 Å². The maximum absolute atomic E-state index is 13.8. The number of carbonyl (C=O) groups is 1. The average molecular weight is 717 g/mol. The third-order valence-corrected chi connectivity index (χ3v) is 12.1. The fourth-order valence-electron chi connectivity index (χ4n) is 9.24. The van der Waals surface area contributed by atoms with E-state index in [2.05, 4.69) is 13.0 Å². The molecule has 7 atom stereocenters. The molecule has 1 aromatic carbocycles. The summed E-state index contributed by atoms with van der Waals surface area (Å²) in [5, 5.41) is 30.4. The molecule has 2 fully saturated rings. The van der Waals surface area contributed by atoms with E-state index in [1.54, 1.807) is 6.07 Å². The van der Waals surface area contributed by atoms with Crippen LogP contribution < -0.4 is 0 Å². The maximum Gasteiger partial charge on any atom is 0.460 e. The molecular formula is C36H49F9O4. The van der Waals surface area contributed by atoms with Crippen molar-refractivity contribution in [2.24, 2.45) is 29.1 Å². The minimum absolute atomic E-state index is 0.0477. The number of phenols is 1. The van der Waals surface area contributed by atoms with E-state index >= 15 is 0 Å². The number of hydrogen-bond acceptors (Lipinski definition) is 3. The van der Waals surface area contributed by atoms with E-state index in [1.165, 1.54) is 11.1 Å². The van der Waals surface area contributed by atoms with Crippen molar-refractivity contribution in [2.45, 2.75) is 152 Å². The summed E-state index contributed by atoms with van der Waals surface area (Å²) >= 11 is 0. The van der Waals surface area contributed by atoms with Gasteiger partial charge in [0, 0.05) is 6.42 Å². The molecule has 3 aliphatic carbocycles. The summed E-state index contributed by atoms with van der Waals surface area (Å²) in [6, 6.07) is 5.76. The van der Waals surface area contributed by atoms with Crippen LogP contribution in [0.25, 0.3) is 0 Å². The Hall–Kier alpha value is -2.18. The summed E-state index contributed by atoms with van der Waals surface area (Å²) < 4.78 is 118. The van der Waals surface area contributed by atoms with Crippen LogP contribution in [0.15, 0.2) is 18.2 Å². The molecule has 0 radical (unpaired) electrons. The molecule has 0 aromatic heterocycles. The highest BCUT2D eigenvalue weighted by atomic mass is 19.4. The Kier molecular flexibility index (Phi) is 12.3. The molecule has 6 unspecified atom stereocenters. The van der Waals surface area contributed by atoms with Gasteiger partial charge in [0.15, 0.2) is 0 Å². The van der Waals surface area contributed by atoms with E-state index in [-0.39, 0.29) is 23.7 Å². The number of aliphatic carboxylic acids is 1. The largest absolute Gasteiger partial charge is 0.508 e. The minimum Gasteiger partial charge on any atom is -0.508 e. The smallest absolute Gasteiger partial charge is 0.460 e. The summed E-state index contributed by atoms with van der Waals surface area (Å²) in [5.74, 6) is -19.7. The highest BCUT2D eigenvalue weighted by Crippen LogP contribution is 2.63. The van der Waals surface area contributed by atoms with Crippen molar-refractivity contribution in [3.05, 3.63) is 29.3 Å². The molecule has 4 nitrogen and oxygen atoms in total. The predicted octanol–water partition coefficient (Wildman–Crippen LogP) is 10.7. The number of aromatic hydroxyl groups is 1. The summed E-state index contributed by atoms with van der Waals surface area (Å²) in [4.78, 5) is 11.5. The number of phenolic OH excluding ortho intramolecular Hbond substituents is 1. The minimum atomic E-state index is -6.94. The van der Waals surface area contributed by atoms with Gasteiger partial charge in [-0.25, -0.2) is 0 Å². The Labute approximate surface area is 281 Å². The van der Waals surface area contributed by atoms with Gasteiger partial charge < -0.3 is 15.3 Å². The summed E-state index contributed by atoms with van der Waals surface area (Å²) in [7, 11) is 0. The van der Waals surface area contributed by atoms with E-state index in [0.29, 0.717) is 36.5 Å². The lowest BCUT2D eigenvalue weighted by Gasteiger charge is -2.53. The normalized spacial score (nSPS) is 28.1. The van der Waals surface area contributed by atoms with Gasteiger partial charge in [0.1, 0.15) is 5.75 Å². The van der Waals surface area contributed by atoms with E-state index in [9.17, 15) is 59.6 Å². The van der Waals surface area contributed by atoms with Crippen molar-refractivity contribution in [1.29, 1.82) is 0 Å². The Balaban J connectivity index is 1.17. The van der Waals surface area contributed by atoms with Crippen molar-refractivity contribution in [1.82, 2.24) is 0 Å². The Morgan fingerprint density at radius 3 is 2.10 bits per heavy atom. The number of rotatable bonds is 17. The topological polar surface area (TPSA) is 77.8 Å². The van der Waals surface area contributed by atoms with Crippen molar-refractivity contribution in [3.8, 4) is 5.75 Å². The van der Waals surface area contributed by atoms with E-state index < -0.39 is 55.1 Å². The van der Waals surface area contributed by atoms with Crippen LogP contribution in [-0.4, -0.2) is 51.3 Å². The first-order valence-electron chi connectivity index (χ1n) is 17.7. The van der Waals surface area contributed by atoms with Crippen LogP contribution in [0.4, 0.5) is 39.5 Å². The first-order valence-corrected chi connectivity index (χ1v) is 17.7. The van der Waals surface area contributed by atoms with Crippen LogP contribution in [0, 0.1) is 29.1 Å². The molecule has 0 heterocycles. The molecule has 3 aliphatic rings. The SMILES string of the molecule is C[C@]12CCC3c4ccc(O)cc4CC(CCCCCCCCCC(CCCC(F)(F)C(F)(F)C(F)(F)C(F)(F)F)C(=O)O)C3C1CCC2O. The van der Waals surface area contributed by atoms with E-state index in [0.717, 1.165) is 70.6 Å². The van der Waals surface area contributed by atoms with Crippen LogP contribution in [0.2, 0.25) is 0 Å². The van der Waals surface area contributed by atoms with E-state index in [1.807, 2.05) is 6.07 Å². The number of fused-ring (bicyclic) bond motifs is 5. The third-order valence-electron chi connectivity index (χ3n) is 12.1. The fraction of sp³-hybridized carbons (Fsp3) is 0.806. The molecule has 280 valence electrons. The predicted molar refractivity (Wildman–Crippen MR) is 165 cm³/mol. The quantitative estimate of drug-likeness (QED) is 0.111. The van der Waals surface area contributed by atoms with Crippen LogP contribution in [0.3, 0.4) is 0 Å². The average Bonchev–Trinajstić information content (AvgIpc) is 3.31. The standard InChI is InChI=1S/C36H49F9O4/c1-32-19-17-27-26-14-13-25(46)21-24(26)20-23(30(27)28(32)15-16-29(32)47)11-8-6-4-2-3-5-7-10-22(31(48)49)12-9-18-33(37,38)34(39,40)35(41,42)36(43,44)45/h13-14,21-23,27-30,46-47H,2-12,15-20H2,1H3,(H,48,49)/t22?,23?,27?,28?,29?,30?,32-/m0/s1. The number of benzene rings is 1. The second-order valence-electron chi connectivity index (χ2n) is 15.1. The van der Waals surface area contributed by atoms with Crippen molar-refractivity contribution < 1.29 is 59.6 Å². The van der Waals surface area contributed by atoms with Gasteiger partial charge in [0.2, 0.25) is 0 Å². The lowest BCUT2D eigenvalue weighted by atomic mass is 9.52. The van der Waals surface area contributed by atoms with Crippen molar-refractivity contribution >= 4 is 5.97 Å². The molecule has 3 N–H and O–H groups in total. The number of carboxylic acid groups (broad SMARTS) is 1. The third kappa shape index (κ3) is 8.16. The molecule has 49 heavy (non-hydrogen) atoms. The zero-order valence-electron chi connectivity index (χ0n) is 27.9. The molecule has 0 saturated heterocycles. The second-order valence-corrected chi connectivity index (χ2v) is 15.1. The summed E-state index contributed by atoms with van der Waals surface area (Å²) in [5.41, 5.74) is 2.52. The highest BCUT2D eigenvalue weighted by molar-refractivity contribution is 5.69. The first kappa shape index (κ1) is 39.6. The van der Waals surface area contributed by atoms with Gasteiger partial charge in [-0.2, -0.15) is 39.5 Å². The van der Waals surface area contributed by atoms with Gasteiger partial charge in [0.05, 0.1) is 12.0 Å². The monoisotopic (exact) mass is 716 g/mol. The first-order chi connectivity index (χ1) is 22.7. The molecule has 0 amide bonds.